The molecule has 21 heavy (non-hydrogen) atoms. The third-order valence-electron chi connectivity index (χ3n) is 2.87. The summed E-state index contributed by atoms with van der Waals surface area (Å²) >= 11 is 0. The van der Waals surface area contributed by atoms with Crippen LogP contribution in [0.15, 0.2) is 24.3 Å². The number of nitrogens with one attached hydrogen (secondary N) is 2. The van der Waals surface area contributed by atoms with Crippen LogP contribution in [0.4, 0.5) is 13.2 Å². The number of carbonyl (C=O) groups is 1. The van der Waals surface area contributed by atoms with Gasteiger partial charge in [-0.25, -0.2) is 0 Å². The van der Waals surface area contributed by atoms with Gasteiger partial charge in [-0.2, -0.15) is 0 Å². The van der Waals surface area contributed by atoms with Gasteiger partial charge in [0.05, 0.1) is 6.54 Å². The van der Waals surface area contributed by atoms with Crippen LogP contribution in [0.2, 0.25) is 0 Å². The summed E-state index contributed by atoms with van der Waals surface area (Å²) in [4.78, 5) is 11.5. The minimum atomic E-state index is -4.70. The van der Waals surface area contributed by atoms with Crippen molar-refractivity contribution in [2.75, 3.05) is 6.54 Å². The molecule has 0 bridgehead atoms. The lowest BCUT2D eigenvalue weighted by molar-refractivity contribution is -0.274. The Morgan fingerprint density at radius 3 is 2.43 bits per heavy atom. The van der Waals surface area contributed by atoms with Gasteiger partial charge in [-0.1, -0.05) is 19.1 Å². The van der Waals surface area contributed by atoms with Crippen molar-refractivity contribution < 1.29 is 22.7 Å². The second kappa shape index (κ2) is 7.87. The number of benzene rings is 1. The normalized spacial score (nSPS) is 12.8. The minimum absolute atomic E-state index is 0.161. The van der Waals surface area contributed by atoms with Crippen molar-refractivity contribution >= 4 is 5.91 Å². The predicted octanol–water partition coefficient (Wildman–Crippen LogP) is 2.59. The Morgan fingerprint density at radius 2 is 1.90 bits per heavy atom. The highest BCUT2D eigenvalue weighted by molar-refractivity contribution is 5.78. The van der Waals surface area contributed by atoms with Gasteiger partial charge in [0.2, 0.25) is 5.91 Å². The molecule has 1 aromatic rings. The van der Waals surface area contributed by atoms with E-state index in [2.05, 4.69) is 15.4 Å². The lowest BCUT2D eigenvalue weighted by Crippen LogP contribution is -2.37. The Hall–Kier alpha value is -1.76. The number of halogens is 3. The molecule has 0 radical (unpaired) electrons. The fourth-order valence-electron chi connectivity index (χ4n) is 1.48. The van der Waals surface area contributed by atoms with Crippen LogP contribution in [0.5, 0.6) is 5.75 Å². The van der Waals surface area contributed by atoms with E-state index in [0.29, 0.717) is 5.56 Å². The summed E-state index contributed by atoms with van der Waals surface area (Å²) < 4.78 is 39.7. The van der Waals surface area contributed by atoms with Crippen LogP contribution in [0.25, 0.3) is 0 Å². The Morgan fingerprint density at radius 1 is 1.29 bits per heavy atom. The molecule has 1 aromatic carbocycles. The first-order valence-electron chi connectivity index (χ1n) is 6.65. The fourth-order valence-corrected chi connectivity index (χ4v) is 1.48. The smallest absolute Gasteiger partial charge is 0.406 e. The molecule has 118 valence electrons. The van der Waals surface area contributed by atoms with Gasteiger partial charge in [0.1, 0.15) is 5.75 Å². The number of alkyl halides is 3. The molecule has 7 heteroatoms. The van der Waals surface area contributed by atoms with Crippen molar-refractivity contribution in [2.24, 2.45) is 0 Å². The fraction of sp³-hybridized carbons (Fsp3) is 0.500. The van der Waals surface area contributed by atoms with Crippen molar-refractivity contribution in [3.63, 3.8) is 0 Å². The van der Waals surface area contributed by atoms with Gasteiger partial charge in [0, 0.05) is 12.6 Å². The molecule has 1 unspecified atom stereocenters. The Labute approximate surface area is 121 Å². The molecule has 1 rings (SSSR count). The van der Waals surface area contributed by atoms with E-state index < -0.39 is 6.36 Å². The van der Waals surface area contributed by atoms with Crippen molar-refractivity contribution in [2.45, 2.75) is 39.2 Å². The number of carbonyl (C=O) groups excluding carboxylic acids is 1. The van der Waals surface area contributed by atoms with Crippen LogP contribution in [0, 0.1) is 0 Å². The van der Waals surface area contributed by atoms with Crippen molar-refractivity contribution in [1.29, 1.82) is 0 Å². The minimum Gasteiger partial charge on any atom is -0.406 e. The lowest BCUT2D eigenvalue weighted by atomic mass is 10.2. The second-order valence-electron chi connectivity index (χ2n) is 4.66. The quantitative estimate of drug-likeness (QED) is 0.814. The summed E-state index contributed by atoms with van der Waals surface area (Å²) in [6.45, 7) is 4.46. The number of hydrogen-bond donors (Lipinski definition) is 2. The summed E-state index contributed by atoms with van der Waals surface area (Å²) in [6.07, 6.45) is -3.77. The average Bonchev–Trinajstić information content (AvgIpc) is 2.42. The van der Waals surface area contributed by atoms with Gasteiger partial charge in [0.25, 0.3) is 0 Å². The molecule has 0 aliphatic heterocycles. The third kappa shape index (κ3) is 7.55. The van der Waals surface area contributed by atoms with E-state index in [1.54, 1.807) is 0 Å². The van der Waals surface area contributed by atoms with Gasteiger partial charge in [-0.3, -0.25) is 4.79 Å². The first-order valence-corrected chi connectivity index (χ1v) is 6.65. The van der Waals surface area contributed by atoms with E-state index in [1.165, 1.54) is 24.3 Å². The summed E-state index contributed by atoms with van der Waals surface area (Å²) in [6, 6.07) is 5.64. The molecule has 0 aliphatic rings. The Bertz CT molecular complexity index is 447. The van der Waals surface area contributed by atoms with Gasteiger partial charge < -0.3 is 15.4 Å². The van der Waals surface area contributed by atoms with Crippen LogP contribution >= 0.6 is 0 Å². The number of rotatable bonds is 7. The van der Waals surface area contributed by atoms with Crippen LogP contribution in [-0.2, 0) is 11.3 Å². The maximum absolute atomic E-state index is 12.0. The molecule has 0 fully saturated rings. The third-order valence-corrected chi connectivity index (χ3v) is 2.87. The predicted molar refractivity (Wildman–Crippen MR) is 72.7 cm³/mol. The van der Waals surface area contributed by atoms with Crippen molar-refractivity contribution in [3.8, 4) is 5.75 Å². The van der Waals surface area contributed by atoms with Gasteiger partial charge in [-0.15, -0.1) is 13.2 Å². The van der Waals surface area contributed by atoms with Crippen LogP contribution in [0.3, 0.4) is 0 Å². The molecule has 0 saturated heterocycles. The van der Waals surface area contributed by atoms with E-state index >= 15 is 0 Å². The molecule has 4 nitrogen and oxygen atoms in total. The van der Waals surface area contributed by atoms with Gasteiger partial charge >= 0.3 is 6.36 Å². The Kier molecular flexibility index (Phi) is 6.48. The molecular formula is C14H19F3N2O2. The standard InChI is InChI=1S/C14H19F3N2O2/c1-3-10(2)18-9-13(20)19-8-11-4-6-12(7-5-11)21-14(15,16)17/h4-7,10,18H,3,8-9H2,1-2H3,(H,19,20). The molecule has 1 atom stereocenters. The molecule has 1 amide bonds. The maximum Gasteiger partial charge on any atom is 0.573 e. The van der Waals surface area contributed by atoms with Crippen LogP contribution in [0.1, 0.15) is 25.8 Å². The zero-order valence-corrected chi connectivity index (χ0v) is 12.0. The van der Waals surface area contributed by atoms with Gasteiger partial charge in [0.15, 0.2) is 0 Å². The van der Waals surface area contributed by atoms with E-state index in [9.17, 15) is 18.0 Å². The summed E-state index contributed by atoms with van der Waals surface area (Å²) in [5.41, 5.74) is 0.696. The molecule has 0 heterocycles. The highest BCUT2D eigenvalue weighted by atomic mass is 19.4. The second-order valence-corrected chi connectivity index (χ2v) is 4.66. The number of ether oxygens (including phenoxy) is 1. The van der Waals surface area contributed by atoms with E-state index in [4.69, 9.17) is 0 Å². The average molecular weight is 304 g/mol. The SMILES string of the molecule is CCC(C)NCC(=O)NCc1ccc(OC(F)(F)F)cc1. The molecular weight excluding hydrogens is 285 g/mol. The van der Waals surface area contributed by atoms with Gasteiger partial charge in [-0.05, 0) is 31.0 Å². The number of hydrogen-bond acceptors (Lipinski definition) is 3. The molecule has 0 saturated carbocycles. The lowest BCUT2D eigenvalue weighted by Gasteiger charge is -2.12. The Balaban J connectivity index is 2.37. The molecule has 2 N–H and O–H groups in total. The summed E-state index contributed by atoms with van der Waals surface area (Å²) in [5.74, 6) is -0.443. The van der Waals surface area contributed by atoms with E-state index in [1.807, 2.05) is 13.8 Å². The molecule has 0 spiro atoms. The highest BCUT2D eigenvalue weighted by Crippen LogP contribution is 2.22. The number of amides is 1. The van der Waals surface area contributed by atoms with E-state index in [0.717, 1.165) is 6.42 Å². The monoisotopic (exact) mass is 304 g/mol. The highest BCUT2D eigenvalue weighted by Gasteiger charge is 2.30. The first kappa shape index (κ1) is 17.3. The topological polar surface area (TPSA) is 50.4 Å². The largest absolute Gasteiger partial charge is 0.573 e. The summed E-state index contributed by atoms with van der Waals surface area (Å²) in [5, 5.41) is 5.73. The van der Waals surface area contributed by atoms with E-state index in [-0.39, 0.29) is 30.8 Å². The summed E-state index contributed by atoms with van der Waals surface area (Å²) in [7, 11) is 0. The molecule has 0 aromatic heterocycles. The first-order chi connectivity index (χ1) is 9.80. The van der Waals surface area contributed by atoms with Crippen LogP contribution < -0.4 is 15.4 Å². The van der Waals surface area contributed by atoms with Crippen molar-refractivity contribution in [3.05, 3.63) is 29.8 Å². The molecule has 0 aliphatic carbocycles. The van der Waals surface area contributed by atoms with Crippen LogP contribution in [-0.4, -0.2) is 24.9 Å². The zero-order valence-electron chi connectivity index (χ0n) is 12.0. The maximum atomic E-state index is 12.0. The van der Waals surface area contributed by atoms with Crippen molar-refractivity contribution in [1.82, 2.24) is 10.6 Å². The zero-order chi connectivity index (χ0) is 15.9.